The lowest BCUT2D eigenvalue weighted by atomic mass is 10.1. The molecule has 1 amide bonds. The molecule has 0 aromatic heterocycles. The number of benzene rings is 1. The molecule has 0 spiro atoms. The van der Waals surface area contributed by atoms with Crippen LogP contribution in [0.5, 0.6) is 5.75 Å². The van der Waals surface area contributed by atoms with E-state index >= 15 is 0 Å². The molecule has 1 aromatic rings. The summed E-state index contributed by atoms with van der Waals surface area (Å²) in [6, 6.07) is 6.90. The molecule has 1 aromatic carbocycles. The lowest BCUT2D eigenvalue weighted by Gasteiger charge is -2.19. The number of nitrogens with one attached hydrogen (secondary N) is 1. The Kier molecular flexibility index (Phi) is 6.12. The standard InChI is InChI=1S/C14H21ClN2O2/c1-9(2)13(16)8-17-14(18)10(3)19-12-6-4-5-11(15)7-12/h4-7,9-10,13H,8,16H2,1-3H3,(H,17,18). The first-order valence-corrected chi connectivity index (χ1v) is 6.73. The Labute approximate surface area is 119 Å². The van der Waals surface area contributed by atoms with Gasteiger partial charge < -0.3 is 15.8 Å². The van der Waals surface area contributed by atoms with Gasteiger partial charge in [-0.1, -0.05) is 31.5 Å². The Balaban J connectivity index is 2.45. The number of hydrogen-bond acceptors (Lipinski definition) is 3. The highest BCUT2D eigenvalue weighted by Crippen LogP contribution is 2.18. The fraction of sp³-hybridized carbons (Fsp3) is 0.500. The van der Waals surface area contributed by atoms with E-state index in [0.717, 1.165) is 0 Å². The monoisotopic (exact) mass is 284 g/mol. The molecule has 0 bridgehead atoms. The van der Waals surface area contributed by atoms with Crippen LogP contribution in [0.1, 0.15) is 20.8 Å². The van der Waals surface area contributed by atoms with E-state index < -0.39 is 6.10 Å². The summed E-state index contributed by atoms with van der Waals surface area (Å²) in [5.74, 6) is 0.712. The van der Waals surface area contributed by atoms with Crippen molar-refractivity contribution in [2.75, 3.05) is 6.54 Å². The molecule has 0 fully saturated rings. The third-order valence-corrected chi connectivity index (χ3v) is 3.08. The molecule has 0 radical (unpaired) electrons. The third kappa shape index (κ3) is 5.49. The average molecular weight is 285 g/mol. The fourth-order valence-corrected chi connectivity index (χ4v) is 1.58. The van der Waals surface area contributed by atoms with Gasteiger partial charge in [0.1, 0.15) is 5.75 Å². The largest absolute Gasteiger partial charge is 0.481 e. The molecule has 0 saturated heterocycles. The zero-order chi connectivity index (χ0) is 14.4. The minimum absolute atomic E-state index is 0.0534. The molecule has 2 atom stereocenters. The zero-order valence-corrected chi connectivity index (χ0v) is 12.3. The molecule has 0 aliphatic heterocycles. The van der Waals surface area contributed by atoms with Crippen LogP contribution in [-0.2, 0) is 4.79 Å². The number of rotatable bonds is 6. The van der Waals surface area contributed by atoms with E-state index in [1.54, 1.807) is 31.2 Å². The van der Waals surface area contributed by atoms with Gasteiger partial charge in [0, 0.05) is 17.6 Å². The van der Waals surface area contributed by atoms with Gasteiger partial charge in [0.05, 0.1) is 0 Å². The summed E-state index contributed by atoms with van der Waals surface area (Å²) < 4.78 is 5.51. The van der Waals surface area contributed by atoms with E-state index in [2.05, 4.69) is 5.32 Å². The van der Waals surface area contributed by atoms with Crippen LogP contribution in [0.15, 0.2) is 24.3 Å². The smallest absolute Gasteiger partial charge is 0.260 e. The van der Waals surface area contributed by atoms with Gasteiger partial charge in [-0.15, -0.1) is 0 Å². The Hall–Kier alpha value is -1.26. The Morgan fingerprint density at radius 2 is 2.11 bits per heavy atom. The highest BCUT2D eigenvalue weighted by atomic mass is 35.5. The van der Waals surface area contributed by atoms with Gasteiger partial charge in [0.15, 0.2) is 6.10 Å². The third-order valence-electron chi connectivity index (χ3n) is 2.85. The number of hydrogen-bond donors (Lipinski definition) is 2. The van der Waals surface area contributed by atoms with Crippen molar-refractivity contribution in [3.05, 3.63) is 29.3 Å². The number of amides is 1. The first kappa shape index (κ1) is 15.8. The minimum atomic E-state index is -0.585. The second-order valence-corrected chi connectivity index (χ2v) is 5.31. The van der Waals surface area contributed by atoms with E-state index in [4.69, 9.17) is 22.1 Å². The summed E-state index contributed by atoms with van der Waals surface area (Å²) >= 11 is 5.85. The number of halogens is 1. The average Bonchev–Trinajstić information content (AvgIpc) is 2.35. The minimum Gasteiger partial charge on any atom is -0.481 e. The lowest BCUT2D eigenvalue weighted by Crippen LogP contribution is -2.44. The maximum Gasteiger partial charge on any atom is 0.260 e. The van der Waals surface area contributed by atoms with Crippen LogP contribution >= 0.6 is 11.6 Å². The van der Waals surface area contributed by atoms with Crippen molar-refractivity contribution in [3.8, 4) is 5.75 Å². The van der Waals surface area contributed by atoms with Gasteiger partial charge in [-0.05, 0) is 31.0 Å². The summed E-state index contributed by atoms with van der Waals surface area (Å²) in [6.07, 6.45) is -0.585. The Morgan fingerprint density at radius 1 is 1.42 bits per heavy atom. The first-order chi connectivity index (χ1) is 8.90. The molecular formula is C14H21ClN2O2. The lowest BCUT2D eigenvalue weighted by molar-refractivity contribution is -0.127. The van der Waals surface area contributed by atoms with Crippen molar-refractivity contribution >= 4 is 17.5 Å². The van der Waals surface area contributed by atoms with Crippen LogP contribution in [0.2, 0.25) is 5.02 Å². The van der Waals surface area contributed by atoms with Gasteiger partial charge >= 0.3 is 0 Å². The van der Waals surface area contributed by atoms with Crippen molar-refractivity contribution in [3.63, 3.8) is 0 Å². The quantitative estimate of drug-likeness (QED) is 0.842. The molecule has 0 aliphatic rings. The molecular weight excluding hydrogens is 264 g/mol. The molecule has 106 valence electrons. The normalized spacial score (nSPS) is 14.0. The molecule has 5 heteroatoms. The van der Waals surface area contributed by atoms with Crippen molar-refractivity contribution in [1.29, 1.82) is 0 Å². The maximum absolute atomic E-state index is 11.8. The van der Waals surface area contributed by atoms with Crippen LogP contribution in [0.3, 0.4) is 0 Å². The molecule has 3 N–H and O–H groups in total. The second kappa shape index (κ2) is 7.36. The molecule has 2 unspecified atom stereocenters. The molecule has 0 aliphatic carbocycles. The van der Waals surface area contributed by atoms with Crippen LogP contribution in [0, 0.1) is 5.92 Å². The summed E-state index contributed by atoms with van der Waals surface area (Å²) in [5, 5.41) is 3.35. The summed E-state index contributed by atoms with van der Waals surface area (Å²) in [5.41, 5.74) is 5.86. The zero-order valence-electron chi connectivity index (χ0n) is 11.5. The van der Waals surface area contributed by atoms with Crippen molar-refractivity contribution in [2.24, 2.45) is 11.7 Å². The molecule has 19 heavy (non-hydrogen) atoms. The van der Waals surface area contributed by atoms with Crippen LogP contribution in [0.25, 0.3) is 0 Å². The van der Waals surface area contributed by atoms with Crippen molar-refractivity contribution in [2.45, 2.75) is 32.9 Å². The molecule has 0 heterocycles. The van der Waals surface area contributed by atoms with E-state index in [1.807, 2.05) is 13.8 Å². The number of nitrogens with two attached hydrogens (primary N) is 1. The van der Waals surface area contributed by atoms with E-state index in [1.165, 1.54) is 0 Å². The van der Waals surface area contributed by atoms with Crippen LogP contribution in [-0.4, -0.2) is 24.6 Å². The Morgan fingerprint density at radius 3 is 2.68 bits per heavy atom. The summed E-state index contributed by atoms with van der Waals surface area (Å²) in [4.78, 5) is 11.8. The van der Waals surface area contributed by atoms with Gasteiger partial charge in [0.25, 0.3) is 5.91 Å². The maximum atomic E-state index is 11.8. The number of ether oxygens (including phenoxy) is 1. The molecule has 0 saturated carbocycles. The Bertz CT molecular complexity index is 424. The van der Waals surface area contributed by atoms with Gasteiger partial charge in [-0.3, -0.25) is 4.79 Å². The molecule has 1 rings (SSSR count). The number of carbonyl (C=O) groups excluding carboxylic acids is 1. The fourth-order valence-electron chi connectivity index (χ4n) is 1.40. The van der Waals surface area contributed by atoms with E-state index in [0.29, 0.717) is 23.2 Å². The van der Waals surface area contributed by atoms with Gasteiger partial charge in [0.2, 0.25) is 0 Å². The highest BCUT2D eigenvalue weighted by molar-refractivity contribution is 6.30. The first-order valence-electron chi connectivity index (χ1n) is 6.35. The highest BCUT2D eigenvalue weighted by Gasteiger charge is 2.16. The van der Waals surface area contributed by atoms with Crippen LogP contribution < -0.4 is 15.8 Å². The van der Waals surface area contributed by atoms with E-state index in [9.17, 15) is 4.79 Å². The topological polar surface area (TPSA) is 64.3 Å². The number of carbonyl (C=O) groups is 1. The predicted molar refractivity (Wildman–Crippen MR) is 77.4 cm³/mol. The summed E-state index contributed by atoms with van der Waals surface area (Å²) in [6.45, 7) is 6.17. The van der Waals surface area contributed by atoms with Gasteiger partial charge in [-0.25, -0.2) is 0 Å². The SMILES string of the molecule is CC(Oc1cccc(Cl)c1)C(=O)NCC(N)C(C)C. The van der Waals surface area contributed by atoms with Crippen LogP contribution in [0.4, 0.5) is 0 Å². The second-order valence-electron chi connectivity index (χ2n) is 4.87. The van der Waals surface area contributed by atoms with E-state index in [-0.39, 0.29) is 11.9 Å². The van der Waals surface area contributed by atoms with Gasteiger partial charge in [-0.2, -0.15) is 0 Å². The van der Waals surface area contributed by atoms with Crippen molar-refractivity contribution in [1.82, 2.24) is 5.32 Å². The van der Waals surface area contributed by atoms with Crippen molar-refractivity contribution < 1.29 is 9.53 Å². The predicted octanol–water partition coefficient (Wildman–Crippen LogP) is 2.21. The summed E-state index contributed by atoms with van der Waals surface area (Å²) in [7, 11) is 0. The molecule has 4 nitrogen and oxygen atoms in total.